The van der Waals surface area contributed by atoms with Crippen LogP contribution in [0, 0.1) is 23.7 Å². The van der Waals surface area contributed by atoms with Gasteiger partial charge >= 0.3 is 0 Å². The maximum atomic E-state index is 13.7. The fourth-order valence-electron chi connectivity index (χ4n) is 5.68. The summed E-state index contributed by atoms with van der Waals surface area (Å²) in [6.07, 6.45) is 0.0309. The number of anilines is 1. The number of hydrogen-bond acceptors (Lipinski definition) is 10. The average molecular weight is 541 g/mol. The Hall–Kier alpha value is -3.85. The first-order valence-electron chi connectivity index (χ1n) is 12.7. The van der Waals surface area contributed by atoms with E-state index in [0.717, 1.165) is 12.8 Å². The number of aliphatic hydroxyl groups is 4. The van der Waals surface area contributed by atoms with E-state index < -0.39 is 64.0 Å². The molecule has 0 aromatic heterocycles. The summed E-state index contributed by atoms with van der Waals surface area (Å²) in [7, 11) is 3.50. The highest BCUT2D eigenvalue weighted by Gasteiger charge is 2.60. The monoisotopic (exact) mass is 540 g/mol. The van der Waals surface area contributed by atoms with Crippen molar-refractivity contribution in [1.29, 1.82) is 0 Å². The number of hydrogen-bond donors (Lipinski definition) is 6. The Kier molecular flexibility index (Phi) is 7.49. The Bertz CT molecular complexity index is 1380. The molecule has 1 saturated carbocycles. The van der Waals surface area contributed by atoms with Crippen LogP contribution >= 0.6 is 0 Å². The Morgan fingerprint density at radius 2 is 1.95 bits per heavy atom. The van der Waals surface area contributed by atoms with Crippen LogP contribution < -0.4 is 10.6 Å². The molecule has 208 valence electrons. The van der Waals surface area contributed by atoms with Crippen molar-refractivity contribution in [2.45, 2.75) is 50.9 Å². The highest BCUT2D eigenvalue weighted by Crippen LogP contribution is 2.53. The van der Waals surface area contributed by atoms with Crippen LogP contribution in [-0.4, -0.2) is 75.6 Å². The van der Waals surface area contributed by atoms with E-state index in [1.54, 1.807) is 25.1 Å². The van der Waals surface area contributed by atoms with Gasteiger partial charge in [0.1, 0.15) is 22.8 Å². The summed E-state index contributed by atoms with van der Waals surface area (Å²) in [5.41, 5.74) is 2.61. The van der Waals surface area contributed by atoms with E-state index in [-0.39, 0.29) is 36.0 Å². The second kappa shape index (κ2) is 10.4. The van der Waals surface area contributed by atoms with E-state index in [4.69, 9.17) is 10.5 Å². The molecule has 0 bridgehead atoms. The van der Waals surface area contributed by atoms with E-state index in [2.05, 4.69) is 11.8 Å². The first-order valence-corrected chi connectivity index (χ1v) is 12.7. The van der Waals surface area contributed by atoms with Gasteiger partial charge < -0.3 is 40.9 Å². The van der Waals surface area contributed by atoms with Crippen molar-refractivity contribution in [3.63, 3.8) is 0 Å². The second-order valence-corrected chi connectivity index (χ2v) is 10.3. The molecule has 3 aliphatic rings. The van der Waals surface area contributed by atoms with Crippen molar-refractivity contribution in [2.75, 3.05) is 25.6 Å². The molecule has 0 radical (unpaired) electrons. The van der Waals surface area contributed by atoms with Gasteiger partial charge in [-0.3, -0.25) is 14.4 Å². The number of amides is 1. The smallest absolute Gasteiger partial charge is 0.255 e. The molecule has 11 nitrogen and oxygen atoms in total. The van der Waals surface area contributed by atoms with Crippen molar-refractivity contribution >= 4 is 28.9 Å². The number of nitrogens with zero attached hydrogens (tertiary/aromatic N) is 1. The number of ether oxygens (including phenoxy) is 1. The number of fused-ring (bicyclic) bond motifs is 3. The molecule has 1 aromatic carbocycles. The number of benzene rings is 1. The van der Waals surface area contributed by atoms with Crippen LogP contribution in [0.25, 0.3) is 5.76 Å². The number of primary amides is 1. The summed E-state index contributed by atoms with van der Waals surface area (Å²) >= 11 is 0. The molecule has 1 amide bonds. The van der Waals surface area contributed by atoms with E-state index in [1.165, 1.54) is 0 Å². The Balaban J connectivity index is 1.86. The lowest BCUT2D eigenvalue weighted by Crippen LogP contribution is -2.58. The number of aliphatic hydroxyl groups excluding tert-OH is 3. The van der Waals surface area contributed by atoms with Crippen LogP contribution in [0.5, 0.6) is 5.75 Å². The topological polar surface area (TPSA) is 191 Å². The summed E-state index contributed by atoms with van der Waals surface area (Å²) in [5.74, 6) is -1.80. The number of phenolic OH excluding ortho intramolecular Hbond substituents is 1. The zero-order chi connectivity index (χ0) is 28.8. The molecule has 4 rings (SSSR count). The molecule has 39 heavy (non-hydrogen) atoms. The van der Waals surface area contributed by atoms with Gasteiger partial charge in [-0.1, -0.05) is 19.3 Å². The predicted octanol–water partition coefficient (Wildman–Crippen LogP) is 0.977. The van der Waals surface area contributed by atoms with E-state index in [9.17, 15) is 39.9 Å². The summed E-state index contributed by atoms with van der Waals surface area (Å²) in [4.78, 5) is 39.7. The lowest BCUT2D eigenvalue weighted by molar-refractivity contribution is -0.147. The first-order chi connectivity index (χ1) is 18.3. The number of rotatable bonds is 6. The van der Waals surface area contributed by atoms with Crippen LogP contribution in [0.1, 0.15) is 49.3 Å². The molecule has 1 aromatic rings. The number of nitrogens with two attached hydrogens (primary N) is 1. The van der Waals surface area contributed by atoms with Gasteiger partial charge in [0.15, 0.2) is 11.4 Å². The lowest BCUT2D eigenvalue weighted by atomic mass is 9.59. The van der Waals surface area contributed by atoms with Crippen LogP contribution in [0.2, 0.25) is 0 Å². The largest absolute Gasteiger partial charge is 0.508 e. The molecule has 1 fully saturated rings. The standard InChI is InChI=1S/C28H32N2O9/c1-4-5-8-39-19(32)7-6-13-11-17(30(2)3)16-10-14-9-15-12-18(31)22(27(29)37)26(36)28(15,38)25(35)20(14)24(34)21(16)23(13)33/h11,14-15,19,32-34,36,38H,4-5,8-10,12H2,1-3H3,(H2,29,37). The number of aromatic hydroxyl groups is 1. The second-order valence-electron chi connectivity index (χ2n) is 10.3. The van der Waals surface area contributed by atoms with Crippen molar-refractivity contribution in [2.24, 2.45) is 17.6 Å². The number of carbonyl (C=O) groups excluding carboxylic acids is 3. The van der Waals surface area contributed by atoms with Crippen molar-refractivity contribution in [3.05, 3.63) is 39.7 Å². The fourth-order valence-corrected chi connectivity index (χ4v) is 5.68. The van der Waals surface area contributed by atoms with Gasteiger partial charge in [-0.25, -0.2) is 0 Å². The van der Waals surface area contributed by atoms with Gasteiger partial charge in [-0.15, -0.1) is 0 Å². The maximum absolute atomic E-state index is 13.7. The van der Waals surface area contributed by atoms with Crippen molar-refractivity contribution in [1.82, 2.24) is 0 Å². The van der Waals surface area contributed by atoms with Gasteiger partial charge in [0, 0.05) is 37.7 Å². The van der Waals surface area contributed by atoms with E-state index in [0.29, 0.717) is 17.9 Å². The molecule has 4 unspecified atom stereocenters. The third-order valence-corrected chi connectivity index (χ3v) is 7.63. The number of phenols is 1. The highest BCUT2D eigenvalue weighted by molar-refractivity contribution is 6.22. The first kappa shape index (κ1) is 28.2. The molecular weight excluding hydrogens is 508 g/mol. The summed E-state index contributed by atoms with van der Waals surface area (Å²) < 4.78 is 5.22. The molecule has 0 spiro atoms. The molecular formula is C28H32N2O9. The van der Waals surface area contributed by atoms with E-state index in [1.807, 2.05) is 6.92 Å². The quantitative estimate of drug-likeness (QED) is 0.131. The van der Waals surface area contributed by atoms with Crippen molar-refractivity contribution < 1.29 is 44.7 Å². The third kappa shape index (κ3) is 4.54. The molecule has 0 heterocycles. The van der Waals surface area contributed by atoms with Crippen LogP contribution in [0.4, 0.5) is 5.69 Å². The van der Waals surface area contributed by atoms with Gasteiger partial charge in [0.2, 0.25) is 12.1 Å². The molecule has 4 atom stereocenters. The number of carbonyl (C=O) groups is 3. The van der Waals surface area contributed by atoms with Gasteiger partial charge in [-0.2, -0.15) is 0 Å². The highest BCUT2D eigenvalue weighted by atomic mass is 16.6. The zero-order valence-corrected chi connectivity index (χ0v) is 21.9. The Morgan fingerprint density at radius 3 is 2.56 bits per heavy atom. The third-order valence-electron chi connectivity index (χ3n) is 7.63. The Morgan fingerprint density at radius 1 is 1.26 bits per heavy atom. The molecule has 0 saturated heterocycles. The van der Waals surface area contributed by atoms with Crippen molar-refractivity contribution in [3.8, 4) is 17.6 Å². The SMILES string of the molecule is CCCCOC(O)C#Cc1cc(N(C)C)c2c(c1O)C(O)=C1C(=O)C3(O)C(O)=C(C(N)=O)C(=O)CC3CC1C2. The minimum absolute atomic E-state index is 0.0411. The van der Waals surface area contributed by atoms with Gasteiger partial charge in [0.25, 0.3) is 5.91 Å². The zero-order valence-electron chi connectivity index (χ0n) is 21.9. The van der Waals surface area contributed by atoms with Gasteiger partial charge in [0.05, 0.1) is 17.7 Å². The Labute approximate surface area is 225 Å². The minimum atomic E-state index is -2.63. The van der Waals surface area contributed by atoms with Crippen LogP contribution in [0.3, 0.4) is 0 Å². The van der Waals surface area contributed by atoms with Gasteiger partial charge in [-0.05, 0) is 42.7 Å². The molecule has 11 heteroatoms. The lowest BCUT2D eigenvalue weighted by Gasteiger charge is -2.46. The fraction of sp³-hybridized carbons (Fsp3) is 0.464. The number of unbranched alkanes of at least 4 members (excludes halogenated alkanes) is 1. The normalized spacial score (nSPS) is 24.8. The minimum Gasteiger partial charge on any atom is -0.508 e. The number of Topliss-reactive ketones (excluding diaryl/α,β-unsaturated/α-hetero) is 2. The van der Waals surface area contributed by atoms with Crippen LogP contribution in [-0.2, 0) is 25.5 Å². The molecule has 7 N–H and O–H groups in total. The average Bonchev–Trinajstić information content (AvgIpc) is 2.85. The number of ketones is 2. The van der Waals surface area contributed by atoms with Crippen LogP contribution in [0.15, 0.2) is 23.0 Å². The summed E-state index contributed by atoms with van der Waals surface area (Å²) in [6.45, 7) is 2.27. The maximum Gasteiger partial charge on any atom is 0.255 e. The summed E-state index contributed by atoms with van der Waals surface area (Å²) in [6, 6.07) is 1.59. The predicted molar refractivity (Wildman–Crippen MR) is 139 cm³/mol. The molecule has 3 aliphatic carbocycles. The summed E-state index contributed by atoms with van der Waals surface area (Å²) in [5, 5.41) is 54.6. The molecule has 0 aliphatic heterocycles. The van der Waals surface area contributed by atoms with E-state index >= 15 is 0 Å².